The largest absolute Gasteiger partial charge is 0.454 e. The third kappa shape index (κ3) is 2.97. The van der Waals surface area contributed by atoms with Crippen LogP contribution in [0.4, 0.5) is 4.79 Å². The summed E-state index contributed by atoms with van der Waals surface area (Å²) in [5.41, 5.74) is 0.673. The normalized spacial score (nSPS) is 21.2. The van der Waals surface area contributed by atoms with Gasteiger partial charge in [0, 0.05) is 11.4 Å². The molecule has 2 aliphatic rings. The van der Waals surface area contributed by atoms with Crippen molar-refractivity contribution in [3.8, 4) is 11.5 Å². The average Bonchev–Trinajstić information content (AvgIpc) is 3.13. The monoisotopic (exact) mass is 372 g/mol. The number of nitrogens with one attached hydrogen (secondary N) is 1. The number of fused-ring (bicyclic) bond motifs is 1. The number of urea groups is 1. The molecule has 4 rings (SSSR count). The van der Waals surface area contributed by atoms with Gasteiger partial charge in [-0.15, -0.1) is 0 Å². The van der Waals surface area contributed by atoms with Crippen LogP contribution in [0.25, 0.3) is 0 Å². The lowest BCUT2D eigenvalue weighted by molar-refractivity contribution is -0.131. The van der Waals surface area contributed by atoms with E-state index in [1.54, 1.807) is 25.1 Å². The Kier molecular flexibility index (Phi) is 4.00. The zero-order valence-electron chi connectivity index (χ0n) is 14.1. The Labute approximate surface area is 155 Å². The van der Waals surface area contributed by atoms with Crippen LogP contribution >= 0.6 is 11.6 Å². The third-order valence-corrected chi connectivity index (χ3v) is 4.80. The second kappa shape index (κ2) is 6.21. The second-order valence-corrected chi connectivity index (χ2v) is 7.08. The van der Waals surface area contributed by atoms with E-state index in [2.05, 4.69) is 5.32 Å². The molecule has 0 aliphatic carbocycles. The molecule has 1 saturated heterocycles. The van der Waals surface area contributed by atoms with Crippen LogP contribution in [0.3, 0.4) is 0 Å². The van der Waals surface area contributed by atoms with E-state index >= 15 is 0 Å². The molecule has 134 valence electrons. The highest BCUT2D eigenvalue weighted by atomic mass is 35.5. The number of carbonyl (C=O) groups is 2. The summed E-state index contributed by atoms with van der Waals surface area (Å²) in [6.07, 6.45) is 0.361. The Hall–Kier alpha value is -2.73. The lowest BCUT2D eigenvalue weighted by Crippen LogP contribution is -2.45. The minimum absolute atomic E-state index is 0.182. The Morgan fingerprint density at radius 2 is 1.92 bits per heavy atom. The molecule has 0 radical (unpaired) electrons. The number of benzene rings is 2. The Bertz CT molecular complexity index is 901. The van der Waals surface area contributed by atoms with Gasteiger partial charge in [0.15, 0.2) is 11.5 Å². The molecule has 0 spiro atoms. The summed E-state index contributed by atoms with van der Waals surface area (Å²) in [6, 6.07) is 12.2. The molecule has 7 heteroatoms. The van der Waals surface area contributed by atoms with E-state index in [0.717, 1.165) is 11.1 Å². The van der Waals surface area contributed by atoms with Crippen molar-refractivity contribution in [2.75, 3.05) is 6.79 Å². The zero-order valence-corrected chi connectivity index (χ0v) is 14.9. The summed E-state index contributed by atoms with van der Waals surface area (Å²) < 4.78 is 10.7. The van der Waals surface area contributed by atoms with Crippen molar-refractivity contribution >= 4 is 23.5 Å². The first-order valence-corrected chi connectivity index (χ1v) is 8.59. The maximum atomic E-state index is 12.9. The van der Waals surface area contributed by atoms with Crippen molar-refractivity contribution in [2.45, 2.75) is 25.4 Å². The summed E-state index contributed by atoms with van der Waals surface area (Å²) in [5, 5.41) is 3.38. The number of amides is 3. The molecule has 2 aliphatic heterocycles. The van der Waals surface area contributed by atoms with Gasteiger partial charge < -0.3 is 14.8 Å². The zero-order chi connectivity index (χ0) is 18.3. The average molecular weight is 373 g/mol. The quantitative estimate of drug-likeness (QED) is 0.837. The molecule has 1 N–H and O–H groups in total. The highest BCUT2D eigenvalue weighted by molar-refractivity contribution is 6.30. The predicted octanol–water partition coefficient (Wildman–Crippen LogP) is 3.12. The Balaban J connectivity index is 1.53. The number of halogens is 1. The van der Waals surface area contributed by atoms with Gasteiger partial charge in [0.2, 0.25) is 6.79 Å². The Morgan fingerprint density at radius 1 is 1.12 bits per heavy atom. The van der Waals surface area contributed by atoms with Crippen molar-refractivity contribution < 1.29 is 19.1 Å². The fraction of sp³-hybridized carbons (Fsp3) is 0.263. The van der Waals surface area contributed by atoms with Crippen LogP contribution in [0.1, 0.15) is 18.1 Å². The lowest BCUT2D eigenvalue weighted by atomic mass is 9.92. The number of carbonyl (C=O) groups excluding carboxylic acids is 2. The highest BCUT2D eigenvalue weighted by Gasteiger charge is 2.47. The molecule has 26 heavy (non-hydrogen) atoms. The fourth-order valence-electron chi connectivity index (χ4n) is 3.29. The van der Waals surface area contributed by atoms with Gasteiger partial charge >= 0.3 is 6.03 Å². The van der Waals surface area contributed by atoms with E-state index in [4.69, 9.17) is 21.1 Å². The number of imide groups is 1. The predicted molar refractivity (Wildman–Crippen MR) is 95.2 cm³/mol. The number of hydrogen-bond donors (Lipinski definition) is 1. The van der Waals surface area contributed by atoms with Gasteiger partial charge in [-0.25, -0.2) is 4.79 Å². The topological polar surface area (TPSA) is 67.9 Å². The number of hydrogen-bond acceptors (Lipinski definition) is 4. The molecule has 6 nitrogen and oxygen atoms in total. The van der Waals surface area contributed by atoms with E-state index in [-0.39, 0.29) is 19.2 Å². The smallest absolute Gasteiger partial charge is 0.325 e. The van der Waals surface area contributed by atoms with Crippen molar-refractivity contribution in [3.63, 3.8) is 0 Å². The van der Waals surface area contributed by atoms with E-state index < -0.39 is 11.6 Å². The molecule has 2 aromatic carbocycles. The van der Waals surface area contributed by atoms with Crippen molar-refractivity contribution in [2.24, 2.45) is 0 Å². The molecule has 1 fully saturated rings. The molecule has 1 atom stereocenters. The first-order chi connectivity index (χ1) is 12.4. The molecule has 3 amide bonds. The van der Waals surface area contributed by atoms with E-state index in [0.29, 0.717) is 22.9 Å². The Morgan fingerprint density at radius 3 is 2.73 bits per heavy atom. The minimum atomic E-state index is -1.01. The van der Waals surface area contributed by atoms with Crippen molar-refractivity contribution in [1.29, 1.82) is 0 Å². The van der Waals surface area contributed by atoms with Gasteiger partial charge in [0.25, 0.3) is 5.91 Å². The van der Waals surface area contributed by atoms with Crippen molar-refractivity contribution in [1.82, 2.24) is 10.2 Å². The van der Waals surface area contributed by atoms with Gasteiger partial charge in [-0.3, -0.25) is 9.69 Å². The summed E-state index contributed by atoms with van der Waals surface area (Å²) in [7, 11) is 0. The van der Waals surface area contributed by atoms with E-state index in [9.17, 15) is 9.59 Å². The van der Waals surface area contributed by atoms with E-state index in [1.807, 2.05) is 24.3 Å². The van der Waals surface area contributed by atoms with Gasteiger partial charge in [0.1, 0.15) is 5.54 Å². The number of ether oxygens (including phenoxy) is 2. The molecular formula is C19H17ClN2O4. The molecule has 0 aromatic heterocycles. The number of nitrogens with zero attached hydrogens (tertiary/aromatic N) is 1. The molecular weight excluding hydrogens is 356 g/mol. The third-order valence-electron chi connectivity index (χ3n) is 4.57. The summed E-state index contributed by atoms with van der Waals surface area (Å²) >= 11 is 5.99. The van der Waals surface area contributed by atoms with Crippen LogP contribution in [0.5, 0.6) is 11.5 Å². The standard InChI is InChI=1S/C19H17ClN2O4/c1-19(9-12-5-6-15-16(8-12)26-11-25-15)17(23)22(18(24)21-19)10-13-3-2-4-14(20)7-13/h2-8H,9-11H2,1H3,(H,21,24)/t19-/m0/s1. The van der Waals surface area contributed by atoms with Gasteiger partial charge in [-0.05, 0) is 42.3 Å². The van der Waals surface area contributed by atoms with Gasteiger partial charge in [0.05, 0.1) is 6.54 Å². The SMILES string of the molecule is C[C@@]1(Cc2ccc3c(c2)OCO3)NC(=O)N(Cc2cccc(Cl)c2)C1=O. The van der Waals surface area contributed by atoms with Crippen LogP contribution in [-0.2, 0) is 17.8 Å². The number of rotatable bonds is 4. The van der Waals surface area contributed by atoms with Crippen LogP contribution in [0, 0.1) is 0 Å². The molecule has 0 saturated carbocycles. The molecule has 0 unspecified atom stereocenters. The lowest BCUT2D eigenvalue weighted by Gasteiger charge is -2.22. The van der Waals surface area contributed by atoms with Crippen LogP contribution in [0.15, 0.2) is 42.5 Å². The molecule has 0 bridgehead atoms. The van der Waals surface area contributed by atoms with Crippen LogP contribution < -0.4 is 14.8 Å². The first kappa shape index (κ1) is 16.7. The molecule has 2 aromatic rings. The summed E-state index contributed by atoms with van der Waals surface area (Å²) in [5.74, 6) is 1.07. The highest BCUT2D eigenvalue weighted by Crippen LogP contribution is 2.34. The maximum Gasteiger partial charge on any atom is 0.325 e. The van der Waals surface area contributed by atoms with Crippen LogP contribution in [0.2, 0.25) is 5.02 Å². The minimum Gasteiger partial charge on any atom is -0.454 e. The summed E-state index contributed by atoms with van der Waals surface area (Å²) in [6.45, 7) is 2.11. The van der Waals surface area contributed by atoms with Crippen LogP contribution in [-0.4, -0.2) is 29.2 Å². The van der Waals surface area contributed by atoms with Gasteiger partial charge in [-0.2, -0.15) is 0 Å². The first-order valence-electron chi connectivity index (χ1n) is 8.22. The second-order valence-electron chi connectivity index (χ2n) is 6.65. The summed E-state index contributed by atoms with van der Waals surface area (Å²) in [4.78, 5) is 26.5. The molecule has 2 heterocycles. The van der Waals surface area contributed by atoms with Gasteiger partial charge in [-0.1, -0.05) is 29.8 Å². The fourth-order valence-corrected chi connectivity index (χ4v) is 3.50. The van der Waals surface area contributed by atoms with Crippen molar-refractivity contribution in [3.05, 3.63) is 58.6 Å². The maximum absolute atomic E-state index is 12.9. The van der Waals surface area contributed by atoms with E-state index in [1.165, 1.54) is 4.90 Å².